The van der Waals surface area contributed by atoms with Gasteiger partial charge in [-0.3, -0.25) is 0 Å². The Bertz CT molecular complexity index is 380. The Kier molecular flexibility index (Phi) is 6.13. The summed E-state index contributed by atoms with van der Waals surface area (Å²) in [6.45, 7) is 7.36. The molecule has 86 valence electrons. The number of rotatable bonds is 2. The van der Waals surface area contributed by atoms with E-state index in [2.05, 4.69) is 15.9 Å². The number of hydrogen-bond donors (Lipinski definition) is 0. The molecule has 0 atom stereocenters. The molecule has 0 saturated carbocycles. The smallest absolute Gasteiger partial charge is 0.180 e. The molecule has 0 heterocycles. The summed E-state index contributed by atoms with van der Waals surface area (Å²) in [4.78, 5) is 0.380. The van der Waals surface area contributed by atoms with Gasteiger partial charge in [0.2, 0.25) is 0 Å². The standard InChI is InChI=1S/C9H11BrO2S.C2H6/c1-7(2)13(11,12)9-5-3-8(10)4-6-9;1-2/h3-7H,1-2H3;1-2H3. The summed E-state index contributed by atoms with van der Waals surface area (Å²) in [5.74, 6) is 0. The lowest BCUT2D eigenvalue weighted by Gasteiger charge is -2.06. The van der Waals surface area contributed by atoms with Crippen molar-refractivity contribution in [1.29, 1.82) is 0 Å². The number of halogens is 1. The van der Waals surface area contributed by atoms with Gasteiger partial charge in [0.05, 0.1) is 10.1 Å². The van der Waals surface area contributed by atoms with Crippen molar-refractivity contribution >= 4 is 25.8 Å². The van der Waals surface area contributed by atoms with Crippen LogP contribution in [-0.4, -0.2) is 13.7 Å². The van der Waals surface area contributed by atoms with E-state index in [1.165, 1.54) is 0 Å². The first-order valence-electron chi connectivity index (χ1n) is 4.94. The summed E-state index contributed by atoms with van der Waals surface area (Å²) in [6.07, 6.45) is 0. The van der Waals surface area contributed by atoms with Gasteiger partial charge >= 0.3 is 0 Å². The zero-order valence-corrected chi connectivity index (χ0v) is 11.9. The third-order valence-corrected chi connectivity index (χ3v) is 4.46. The Morgan fingerprint density at radius 2 is 1.47 bits per heavy atom. The highest BCUT2D eigenvalue weighted by Crippen LogP contribution is 2.18. The van der Waals surface area contributed by atoms with E-state index in [1.807, 2.05) is 13.8 Å². The summed E-state index contributed by atoms with van der Waals surface area (Å²) in [6, 6.07) is 6.68. The number of sulfone groups is 1. The molecule has 1 rings (SSSR count). The second-order valence-electron chi connectivity index (χ2n) is 3.05. The van der Waals surface area contributed by atoms with Gasteiger partial charge in [0.15, 0.2) is 9.84 Å². The Morgan fingerprint density at radius 3 is 1.80 bits per heavy atom. The maximum Gasteiger partial charge on any atom is 0.180 e. The van der Waals surface area contributed by atoms with Crippen molar-refractivity contribution < 1.29 is 8.42 Å². The molecular formula is C11H17BrO2S. The maximum absolute atomic E-state index is 11.6. The molecule has 1 aromatic rings. The molecule has 0 aliphatic rings. The van der Waals surface area contributed by atoms with Crippen molar-refractivity contribution in [3.63, 3.8) is 0 Å². The van der Waals surface area contributed by atoms with Crippen LogP contribution in [0.25, 0.3) is 0 Å². The van der Waals surface area contributed by atoms with Crippen molar-refractivity contribution in [2.75, 3.05) is 0 Å². The highest BCUT2D eigenvalue weighted by atomic mass is 79.9. The first kappa shape index (κ1) is 14.6. The van der Waals surface area contributed by atoms with E-state index in [9.17, 15) is 8.42 Å². The molecule has 0 aliphatic heterocycles. The van der Waals surface area contributed by atoms with Gasteiger partial charge in [0, 0.05) is 4.47 Å². The van der Waals surface area contributed by atoms with E-state index in [4.69, 9.17) is 0 Å². The third-order valence-electron chi connectivity index (χ3n) is 1.76. The first-order chi connectivity index (χ1) is 6.94. The maximum atomic E-state index is 11.6. The average molecular weight is 293 g/mol. The summed E-state index contributed by atoms with van der Waals surface area (Å²) in [5, 5.41) is -0.367. The van der Waals surface area contributed by atoms with Gasteiger partial charge in [-0.15, -0.1) is 0 Å². The molecule has 15 heavy (non-hydrogen) atoms. The zero-order chi connectivity index (χ0) is 12.1. The Balaban J connectivity index is 0.000000921. The monoisotopic (exact) mass is 292 g/mol. The lowest BCUT2D eigenvalue weighted by atomic mass is 10.4. The van der Waals surface area contributed by atoms with Crippen molar-refractivity contribution in [1.82, 2.24) is 0 Å². The Hall–Kier alpha value is -0.350. The van der Waals surface area contributed by atoms with Crippen molar-refractivity contribution in [3.8, 4) is 0 Å². The average Bonchev–Trinajstić information content (AvgIpc) is 2.21. The van der Waals surface area contributed by atoms with Gasteiger partial charge in [-0.1, -0.05) is 29.8 Å². The summed E-state index contributed by atoms with van der Waals surface area (Å²) in [7, 11) is -3.11. The van der Waals surface area contributed by atoms with E-state index in [0.717, 1.165) is 4.47 Å². The molecule has 0 bridgehead atoms. The molecule has 2 nitrogen and oxygen atoms in total. The van der Waals surface area contributed by atoms with Gasteiger partial charge in [0.25, 0.3) is 0 Å². The fraction of sp³-hybridized carbons (Fsp3) is 0.455. The van der Waals surface area contributed by atoms with Crippen LogP contribution in [0, 0.1) is 0 Å². The van der Waals surface area contributed by atoms with Gasteiger partial charge < -0.3 is 0 Å². The van der Waals surface area contributed by atoms with E-state index >= 15 is 0 Å². The molecule has 0 unspecified atom stereocenters. The minimum atomic E-state index is -3.11. The van der Waals surface area contributed by atoms with Crippen LogP contribution in [0.1, 0.15) is 27.7 Å². The van der Waals surface area contributed by atoms with Crippen LogP contribution in [0.15, 0.2) is 33.6 Å². The topological polar surface area (TPSA) is 34.1 Å². The van der Waals surface area contributed by atoms with Crippen LogP contribution in [0.5, 0.6) is 0 Å². The normalized spacial score (nSPS) is 10.8. The molecule has 0 N–H and O–H groups in total. The molecule has 0 fully saturated rings. The van der Waals surface area contributed by atoms with E-state index in [1.54, 1.807) is 38.1 Å². The van der Waals surface area contributed by atoms with Gasteiger partial charge in [-0.05, 0) is 38.1 Å². The minimum Gasteiger partial charge on any atom is -0.223 e. The summed E-state index contributed by atoms with van der Waals surface area (Å²) < 4.78 is 24.1. The highest BCUT2D eigenvalue weighted by molar-refractivity contribution is 9.10. The molecule has 0 aromatic heterocycles. The molecule has 1 aromatic carbocycles. The van der Waals surface area contributed by atoms with E-state index in [0.29, 0.717) is 4.90 Å². The SMILES string of the molecule is CC.CC(C)S(=O)(=O)c1ccc(Br)cc1. The van der Waals surface area contributed by atoms with Crippen LogP contribution < -0.4 is 0 Å². The fourth-order valence-corrected chi connectivity index (χ4v) is 2.22. The molecule has 0 amide bonds. The van der Waals surface area contributed by atoms with E-state index < -0.39 is 9.84 Å². The minimum absolute atomic E-state index is 0.367. The zero-order valence-electron chi connectivity index (χ0n) is 9.49. The molecule has 0 radical (unpaired) electrons. The third kappa shape index (κ3) is 3.95. The molecule has 0 spiro atoms. The molecular weight excluding hydrogens is 276 g/mol. The summed E-state index contributed by atoms with van der Waals surface area (Å²) >= 11 is 3.25. The Labute approximate surface area is 101 Å². The lowest BCUT2D eigenvalue weighted by molar-refractivity contribution is 0.587. The van der Waals surface area contributed by atoms with Crippen LogP contribution in [0.2, 0.25) is 0 Å². The predicted octanol–water partition coefficient (Wildman–Crippen LogP) is 3.66. The predicted molar refractivity (Wildman–Crippen MR) is 67.8 cm³/mol. The number of hydrogen-bond acceptors (Lipinski definition) is 2. The van der Waals surface area contributed by atoms with Crippen molar-refractivity contribution in [2.45, 2.75) is 37.8 Å². The summed E-state index contributed by atoms with van der Waals surface area (Å²) in [5.41, 5.74) is 0. The first-order valence-corrected chi connectivity index (χ1v) is 7.28. The van der Waals surface area contributed by atoms with Crippen LogP contribution in [0.3, 0.4) is 0 Å². The lowest BCUT2D eigenvalue weighted by Crippen LogP contribution is -2.13. The van der Waals surface area contributed by atoms with Crippen LogP contribution in [-0.2, 0) is 9.84 Å². The largest absolute Gasteiger partial charge is 0.223 e. The quantitative estimate of drug-likeness (QED) is 0.834. The van der Waals surface area contributed by atoms with Crippen LogP contribution >= 0.6 is 15.9 Å². The fourth-order valence-electron chi connectivity index (χ4n) is 0.896. The number of benzene rings is 1. The van der Waals surface area contributed by atoms with Gasteiger partial charge in [-0.25, -0.2) is 8.42 Å². The second-order valence-corrected chi connectivity index (χ2v) is 6.47. The van der Waals surface area contributed by atoms with Crippen molar-refractivity contribution in [3.05, 3.63) is 28.7 Å². The van der Waals surface area contributed by atoms with Crippen LogP contribution in [0.4, 0.5) is 0 Å². The Morgan fingerprint density at radius 1 is 1.07 bits per heavy atom. The molecule has 0 aliphatic carbocycles. The van der Waals surface area contributed by atoms with Crippen molar-refractivity contribution in [2.24, 2.45) is 0 Å². The molecule has 0 saturated heterocycles. The van der Waals surface area contributed by atoms with Gasteiger partial charge in [0.1, 0.15) is 0 Å². The molecule has 4 heteroatoms. The van der Waals surface area contributed by atoms with Gasteiger partial charge in [-0.2, -0.15) is 0 Å². The highest BCUT2D eigenvalue weighted by Gasteiger charge is 2.18. The van der Waals surface area contributed by atoms with E-state index in [-0.39, 0.29) is 5.25 Å². The second kappa shape index (κ2) is 6.28.